The molecule has 22 heavy (non-hydrogen) atoms. The van der Waals surface area contributed by atoms with Crippen LogP contribution in [0.4, 0.5) is 13.2 Å². The first-order chi connectivity index (χ1) is 8.36. The molecule has 2 rings (SSSR count). The molecule has 0 bridgehead atoms. The van der Waals surface area contributed by atoms with E-state index in [9.17, 15) is 18.0 Å². The number of carboxylic acid groups (broad SMARTS) is 1. The molecule has 12 heteroatoms. The summed E-state index contributed by atoms with van der Waals surface area (Å²) >= 11 is 0. The number of hydrogen-bond donors (Lipinski definition) is 1. The van der Waals surface area contributed by atoms with Crippen molar-refractivity contribution in [3.63, 3.8) is 0 Å². The van der Waals surface area contributed by atoms with E-state index >= 15 is 0 Å². The summed E-state index contributed by atoms with van der Waals surface area (Å²) in [5.74, 6) is -2.90. The van der Waals surface area contributed by atoms with Gasteiger partial charge in [0.25, 0.3) is 0 Å². The number of hydrogen-bond acceptors (Lipinski definition) is 5. The fraction of sp³-hybridized carbons (Fsp3) is 0.500. The van der Waals surface area contributed by atoms with Gasteiger partial charge in [-0.2, -0.15) is 13.2 Å². The molecule has 0 amide bonds. The number of aromatic nitrogens is 2. The van der Waals surface area contributed by atoms with Gasteiger partial charge < -0.3 is 10.6 Å². The minimum Gasteiger partial charge on any atom is -0.870 e. The molecule has 1 saturated heterocycles. The molecular formula is C10H13Cl2F3LiN3O3. The zero-order valence-corrected chi connectivity index (χ0v) is 13.1. The zero-order chi connectivity index (χ0) is 13.3. The standard InChI is InChI=1S/C10H10F3N3O2.2ClH.Li.H2O/c11-10(12,13)9-14-6(5-16-2-1-3-16)4-7(15-9)8(17)18;;;;/h4H,1-3,5H2,(H,17,18);2*1H;;1H2/q;;;+1;/p-1. The first-order valence-corrected chi connectivity index (χ1v) is 5.27. The second-order valence-corrected chi connectivity index (χ2v) is 4.00. The number of halogens is 5. The van der Waals surface area contributed by atoms with Gasteiger partial charge in [0.2, 0.25) is 5.82 Å². The largest absolute Gasteiger partial charge is 1.00 e. The van der Waals surface area contributed by atoms with Crippen molar-refractivity contribution in [3.05, 3.63) is 23.3 Å². The van der Waals surface area contributed by atoms with Crippen LogP contribution in [0, 0.1) is 0 Å². The Hall–Kier alpha value is -0.563. The first-order valence-electron chi connectivity index (χ1n) is 5.27. The van der Waals surface area contributed by atoms with Crippen LogP contribution in [0.3, 0.4) is 0 Å². The van der Waals surface area contributed by atoms with E-state index in [1.165, 1.54) is 0 Å². The molecular weight excluding hydrogens is 345 g/mol. The van der Waals surface area contributed by atoms with Crippen LogP contribution in [-0.4, -0.2) is 44.5 Å². The molecule has 122 valence electrons. The minimum atomic E-state index is -4.74. The van der Waals surface area contributed by atoms with Crippen molar-refractivity contribution in [2.24, 2.45) is 0 Å². The average molecular weight is 358 g/mol. The third kappa shape index (κ3) is 6.69. The molecule has 0 radical (unpaired) electrons. The normalized spacial score (nSPS) is 13.4. The van der Waals surface area contributed by atoms with Crippen LogP contribution >= 0.6 is 24.8 Å². The van der Waals surface area contributed by atoms with Gasteiger partial charge in [-0.3, -0.25) is 4.90 Å². The van der Waals surface area contributed by atoms with Crippen molar-refractivity contribution < 1.29 is 47.4 Å². The van der Waals surface area contributed by atoms with Crippen LogP contribution < -0.4 is 18.9 Å². The second kappa shape index (κ2) is 10.3. The average Bonchev–Trinajstić information content (AvgIpc) is 2.22. The van der Waals surface area contributed by atoms with Gasteiger partial charge >= 0.3 is 31.0 Å². The van der Waals surface area contributed by atoms with Crippen LogP contribution in [0.5, 0.6) is 0 Å². The van der Waals surface area contributed by atoms with E-state index in [0.717, 1.165) is 25.6 Å². The molecule has 0 spiro atoms. The van der Waals surface area contributed by atoms with Gasteiger partial charge in [-0.25, -0.2) is 14.8 Å². The van der Waals surface area contributed by atoms with E-state index in [1.807, 2.05) is 4.90 Å². The van der Waals surface area contributed by atoms with E-state index in [-0.39, 0.29) is 61.4 Å². The molecule has 0 atom stereocenters. The van der Waals surface area contributed by atoms with Gasteiger partial charge in [-0.15, -0.1) is 24.8 Å². The van der Waals surface area contributed by atoms with Crippen molar-refractivity contribution in [1.82, 2.24) is 14.9 Å². The summed E-state index contributed by atoms with van der Waals surface area (Å²) in [7, 11) is 0. The zero-order valence-electron chi connectivity index (χ0n) is 11.5. The van der Waals surface area contributed by atoms with E-state index in [2.05, 4.69) is 9.97 Å². The third-order valence-electron chi connectivity index (χ3n) is 2.59. The van der Waals surface area contributed by atoms with Crippen LogP contribution in [0.1, 0.15) is 28.4 Å². The van der Waals surface area contributed by atoms with E-state index in [4.69, 9.17) is 5.11 Å². The van der Waals surface area contributed by atoms with Crippen LogP contribution in [0.2, 0.25) is 0 Å². The summed E-state index contributed by atoms with van der Waals surface area (Å²) in [5.41, 5.74) is -0.553. The molecule has 1 aromatic heterocycles. The van der Waals surface area contributed by atoms with Crippen LogP contribution in [0.25, 0.3) is 0 Å². The van der Waals surface area contributed by atoms with Crippen LogP contribution in [-0.2, 0) is 12.7 Å². The van der Waals surface area contributed by atoms with Gasteiger partial charge in [0.15, 0.2) is 5.69 Å². The molecule has 2 heterocycles. The molecule has 0 saturated carbocycles. The topological polar surface area (TPSA) is 96.3 Å². The Bertz CT molecular complexity index is 490. The molecule has 0 unspecified atom stereocenters. The summed E-state index contributed by atoms with van der Waals surface area (Å²) in [6, 6.07) is 1.08. The first kappa shape index (κ1) is 26.3. The Balaban J connectivity index is -0.000000902. The maximum Gasteiger partial charge on any atom is 1.00 e. The summed E-state index contributed by atoms with van der Waals surface area (Å²) in [6.07, 6.45) is -3.75. The quantitative estimate of drug-likeness (QED) is 0.702. The fourth-order valence-electron chi connectivity index (χ4n) is 1.58. The minimum absolute atomic E-state index is 0. The van der Waals surface area contributed by atoms with Crippen molar-refractivity contribution in [2.45, 2.75) is 19.1 Å². The SMILES string of the molecule is Cl.Cl.O=C(O)c1cc(CN2CCC2)nc(C(F)(F)F)n1.[Li+].[OH-]. The summed E-state index contributed by atoms with van der Waals surface area (Å²) in [5, 5.41) is 8.73. The number of nitrogens with zero attached hydrogens (tertiary/aromatic N) is 3. The van der Waals surface area contributed by atoms with Crippen molar-refractivity contribution in [1.29, 1.82) is 0 Å². The summed E-state index contributed by atoms with van der Waals surface area (Å²) < 4.78 is 37.5. The Morgan fingerprint density at radius 3 is 2.18 bits per heavy atom. The Labute approximate surface area is 148 Å². The Morgan fingerprint density at radius 1 is 1.27 bits per heavy atom. The number of carbonyl (C=O) groups is 1. The number of carboxylic acids is 1. The van der Waals surface area contributed by atoms with Gasteiger partial charge in [-0.05, 0) is 25.6 Å². The number of alkyl halides is 3. The van der Waals surface area contributed by atoms with Gasteiger partial charge in [0, 0.05) is 6.54 Å². The van der Waals surface area contributed by atoms with Crippen molar-refractivity contribution in [2.75, 3.05) is 13.1 Å². The molecule has 0 aliphatic carbocycles. The molecule has 1 aliphatic heterocycles. The molecule has 6 nitrogen and oxygen atoms in total. The predicted molar refractivity (Wildman–Crippen MR) is 70.3 cm³/mol. The number of likely N-dealkylation sites (tertiary alicyclic amines) is 1. The van der Waals surface area contributed by atoms with Gasteiger partial charge in [0.05, 0.1) is 5.69 Å². The van der Waals surface area contributed by atoms with E-state index in [0.29, 0.717) is 0 Å². The smallest absolute Gasteiger partial charge is 0.870 e. The second-order valence-electron chi connectivity index (χ2n) is 4.00. The van der Waals surface area contributed by atoms with E-state index in [1.54, 1.807) is 0 Å². The maximum absolute atomic E-state index is 12.5. The number of aromatic carboxylic acids is 1. The fourth-order valence-corrected chi connectivity index (χ4v) is 1.58. The maximum atomic E-state index is 12.5. The Kier molecular flexibility index (Phi) is 12.3. The Morgan fingerprint density at radius 2 is 1.82 bits per heavy atom. The molecule has 0 aromatic carbocycles. The van der Waals surface area contributed by atoms with E-state index < -0.39 is 23.7 Å². The monoisotopic (exact) mass is 357 g/mol. The molecule has 1 fully saturated rings. The third-order valence-corrected chi connectivity index (χ3v) is 2.59. The van der Waals surface area contributed by atoms with Crippen molar-refractivity contribution >= 4 is 30.8 Å². The molecule has 1 aromatic rings. The summed E-state index contributed by atoms with van der Waals surface area (Å²) in [6.45, 7) is 1.79. The number of rotatable bonds is 3. The van der Waals surface area contributed by atoms with Gasteiger partial charge in [-0.1, -0.05) is 0 Å². The summed E-state index contributed by atoms with van der Waals surface area (Å²) in [4.78, 5) is 19.0. The molecule has 2 N–H and O–H groups in total. The van der Waals surface area contributed by atoms with Crippen molar-refractivity contribution in [3.8, 4) is 0 Å². The van der Waals surface area contributed by atoms with Crippen LogP contribution in [0.15, 0.2) is 6.07 Å². The van der Waals surface area contributed by atoms with Gasteiger partial charge in [0.1, 0.15) is 0 Å². The molecule has 1 aliphatic rings. The predicted octanol–water partition coefficient (Wildman–Crippen LogP) is -0.930.